The van der Waals surface area contributed by atoms with Crippen molar-refractivity contribution in [2.45, 2.75) is 63.5 Å². The lowest BCUT2D eigenvalue weighted by Crippen LogP contribution is -2.55. The lowest BCUT2D eigenvalue weighted by molar-refractivity contribution is -0.120. The number of ether oxygens (including phenoxy) is 1. The molecule has 2 fully saturated rings. The van der Waals surface area contributed by atoms with E-state index in [0.717, 1.165) is 50.9 Å². The SMILES string of the molecule is C=C(/C=C\C(=C/CC)N1CCN(S(=O)C2(C(N)=O)CCCC2)CC1)OCCCC. The fraction of sp³-hybridized carbons (Fsp3) is 0.682. The summed E-state index contributed by atoms with van der Waals surface area (Å²) in [6.07, 6.45) is 12.3. The smallest absolute Gasteiger partial charge is 0.237 e. The third-order valence-corrected chi connectivity index (χ3v) is 7.78. The van der Waals surface area contributed by atoms with Crippen LogP contribution in [0.1, 0.15) is 58.8 Å². The van der Waals surface area contributed by atoms with E-state index in [2.05, 4.69) is 31.4 Å². The van der Waals surface area contributed by atoms with Crippen LogP contribution in [0, 0.1) is 0 Å². The van der Waals surface area contributed by atoms with E-state index in [-0.39, 0.29) is 0 Å². The number of carbonyl (C=O) groups excluding carboxylic acids is 1. The van der Waals surface area contributed by atoms with Gasteiger partial charge in [0.25, 0.3) is 0 Å². The summed E-state index contributed by atoms with van der Waals surface area (Å²) in [6, 6.07) is 0. The monoisotopic (exact) mass is 423 g/mol. The van der Waals surface area contributed by atoms with E-state index in [9.17, 15) is 9.00 Å². The number of rotatable bonds is 11. The first-order valence-electron chi connectivity index (χ1n) is 10.9. The third-order valence-electron chi connectivity index (χ3n) is 5.67. The van der Waals surface area contributed by atoms with Crippen molar-refractivity contribution < 1.29 is 13.7 Å². The summed E-state index contributed by atoms with van der Waals surface area (Å²) in [5.74, 6) is 0.261. The van der Waals surface area contributed by atoms with Crippen molar-refractivity contribution in [2.75, 3.05) is 32.8 Å². The molecular formula is C22H37N3O3S. The molecule has 2 aliphatic rings. The van der Waals surface area contributed by atoms with Gasteiger partial charge in [0.2, 0.25) is 5.91 Å². The van der Waals surface area contributed by atoms with Gasteiger partial charge in [-0.25, -0.2) is 8.51 Å². The molecule has 0 bridgehead atoms. The van der Waals surface area contributed by atoms with Crippen molar-refractivity contribution in [3.8, 4) is 0 Å². The minimum absolute atomic E-state index is 0.410. The predicted molar refractivity (Wildman–Crippen MR) is 119 cm³/mol. The quantitative estimate of drug-likeness (QED) is 0.314. The maximum Gasteiger partial charge on any atom is 0.237 e. The van der Waals surface area contributed by atoms with Gasteiger partial charge >= 0.3 is 0 Å². The Morgan fingerprint density at radius 2 is 1.83 bits per heavy atom. The Kier molecular flexibility index (Phi) is 9.43. The van der Waals surface area contributed by atoms with Crippen LogP contribution in [-0.2, 0) is 20.5 Å². The molecule has 0 radical (unpaired) electrons. The molecule has 1 heterocycles. The van der Waals surface area contributed by atoms with E-state index in [1.165, 1.54) is 0 Å². The molecule has 7 heteroatoms. The molecule has 0 aromatic heterocycles. The molecule has 2 rings (SSSR count). The molecule has 0 spiro atoms. The molecule has 1 saturated carbocycles. The van der Waals surface area contributed by atoms with Gasteiger partial charge in [-0.15, -0.1) is 0 Å². The molecule has 1 atom stereocenters. The van der Waals surface area contributed by atoms with E-state index in [0.29, 0.717) is 38.3 Å². The highest BCUT2D eigenvalue weighted by Gasteiger charge is 2.48. The lowest BCUT2D eigenvalue weighted by Gasteiger charge is -2.39. The van der Waals surface area contributed by atoms with Gasteiger partial charge in [-0.3, -0.25) is 4.79 Å². The summed E-state index contributed by atoms with van der Waals surface area (Å²) < 4.78 is 19.9. The van der Waals surface area contributed by atoms with Crippen LogP contribution in [0.4, 0.5) is 0 Å². The third kappa shape index (κ3) is 6.19. The molecule has 0 aromatic rings. The van der Waals surface area contributed by atoms with Crippen molar-refractivity contribution in [3.05, 3.63) is 36.3 Å². The fourth-order valence-electron chi connectivity index (χ4n) is 3.90. The van der Waals surface area contributed by atoms with Gasteiger partial charge in [0, 0.05) is 31.9 Å². The molecule has 164 valence electrons. The van der Waals surface area contributed by atoms with Gasteiger partial charge in [-0.1, -0.05) is 45.8 Å². The Balaban J connectivity index is 1.95. The van der Waals surface area contributed by atoms with Crippen LogP contribution < -0.4 is 5.73 Å². The lowest BCUT2D eigenvalue weighted by atomic mass is 10.1. The number of hydrogen-bond acceptors (Lipinski definition) is 4. The summed E-state index contributed by atoms with van der Waals surface area (Å²) in [6.45, 7) is 11.7. The molecule has 1 amide bonds. The molecule has 1 saturated heterocycles. The largest absolute Gasteiger partial charge is 0.494 e. The number of unbranched alkanes of at least 4 members (excludes halogenated alkanes) is 1. The van der Waals surface area contributed by atoms with E-state index >= 15 is 0 Å². The molecule has 2 N–H and O–H groups in total. The zero-order valence-electron chi connectivity index (χ0n) is 18.0. The Hall–Kier alpha value is -1.60. The summed E-state index contributed by atoms with van der Waals surface area (Å²) >= 11 is 0. The first kappa shape index (κ1) is 23.7. The summed E-state index contributed by atoms with van der Waals surface area (Å²) in [5, 5.41) is 0. The first-order chi connectivity index (χ1) is 13.9. The van der Waals surface area contributed by atoms with Crippen LogP contribution in [0.3, 0.4) is 0 Å². The Morgan fingerprint density at radius 3 is 2.38 bits per heavy atom. The van der Waals surface area contributed by atoms with Crippen LogP contribution in [-0.4, -0.2) is 56.9 Å². The van der Waals surface area contributed by atoms with E-state index in [1.807, 2.05) is 16.5 Å². The number of amides is 1. The summed E-state index contributed by atoms with van der Waals surface area (Å²) in [7, 11) is -1.36. The summed E-state index contributed by atoms with van der Waals surface area (Å²) in [5.41, 5.74) is 6.79. The number of primary amides is 1. The first-order valence-corrected chi connectivity index (χ1v) is 12.0. The molecule has 6 nitrogen and oxygen atoms in total. The van der Waals surface area contributed by atoms with Crippen molar-refractivity contribution in [3.63, 3.8) is 0 Å². The highest BCUT2D eigenvalue weighted by atomic mass is 32.2. The maximum atomic E-state index is 13.2. The maximum absolute atomic E-state index is 13.2. The van der Waals surface area contributed by atoms with Crippen molar-refractivity contribution in [2.24, 2.45) is 5.73 Å². The number of carbonyl (C=O) groups is 1. The average molecular weight is 424 g/mol. The van der Waals surface area contributed by atoms with Gasteiger partial charge in [0.15, 0.2) is 0 Å². The van der Waals surface area contributed by atoms with E-state index in [1.54, 1.807) is 0 Å². The average Bonchev–Trinajstić information content (AvgIpc) is 3.22. The zero-order chi connectivity index (χ0) is 21.3. The molecule has 1 aliphatic carbocycles. The van der Waals surface area contributed by atoms with Crippen molar-refractivity contribution in [1.29, 1.82) is 0 Å². The highest BCUT2D eigenvalue weighted by molar-refractivity contribution is 7.85. The standard InChI is InChI=1S/C22H37N3O3S/c1-4-6-18-28-19(3)10-11-20(9-5-2)24-14-16-25(17-15-24)29(27)22(21(23)26)12-7-8-13-22/h9-11H,3-8,12-18H2,1-2H3,(H2,23,26)/b11-10-,20-9+. The van der Waals surface area contributed by atoms with Gasteiger partial charge in [0.05, 0.1) is 6.61 Å². The van der Waals surface area contributed by atoms with Gasteiger partial charge in [-0.05, 0) is 37.8 Å². The second-order valence-electron chi connectivity index (χ2n) is 7.77. The molecule has 0 aromatic carbocycles. The fourth-order valence-corrected chi connectivity index (χ4v) is 5.70. The minimum atomic E-state index is -1.36. The zero-order valence-corrected chi connectivity index (χ0v) is 18.8. The van der Waals surface area contributed by atoms with Gasteiger partial charge < -0.3 is 15.4 Å². The molecule has 1 aliphatic heterocycles. The van der Waals surface area contributed by atoms with E-state index in [4.69, 9.17) is 10.5 Å². The number of allylic oxidation sites excluding steroid dienone is 3. The van der Waals surface area contributed by atoms with Crippen LogP contribution >= 0.6 is 0 Å². The number of nitrogens with zero attached hydrogens (tertiary/aromatic N) is 2. The predicted octanol–water partition coefficient (Wildman–Crippen LogP) is 3.25. The molecule has 1 unspecified atom stereocenters. The van der Waals surface area contributed by atoms with Crippen molar-refractivity contribution >= 4 is 16.9 Å². The van der Waals surface area contributed by atoms with Crippen molar-refractivity contribution in [1.82, 2.24) is 9.21 Å². The van der Waals surface area contributed by atoms with Crippen LogP contribution in [0.5, 0.6) is 0 Å². The Labute approximate surface area is 178 Å². The van der Waals surface area contributed by atoms with Crippen LogP contribution in [0.25, 0.3) is 0 Å². The Bertz CT molecular complexity index is 646. The number of nitrogens with two attached hydrogens (primary N) is 1. The number of piperazine rings is 1. The summed E-state index contributed by atoms with van der Waals surface area (Å²) in [4.78, 5) is 14.4. The second-order valence-corrected chi connectivity index (χ2v) is 9.57. The van der Waals surface area contributed by atoms with E-state index < -0.39 is 21.6 Å². The van der Waals surface area contributed by atoms with Gasteiger partial charge in [-0.2, -0.15) is 0 Å². The normalized spacial score (nSPS) is 21.4. The van der Waals surface area contributed by atoms with Crippen LogP contribution in [0.2, 0.25) is 0 Å². The second kappa shape index (κ2) is 11.6. The Morgan fingerprint density at radius 1 is 1.17 bits per heavy atom. The molecular weight excluding hydrogens is 386 g/mol. The highest BCUT2D eigenvalue weighted by Crippen LogP contribution is 2.36. The minimum Gasteiger partial charge on any atom is -0.494 e. The van der Waals surface area contributed by atoms with Crippen LogP contribution in [0.15, 0.2) is 36.3 Å². The molecule has 29 heavy (non-hydrogen) atoms. The topological polar surface area (TPSA) is 75.9 Å². The van der Waals surface area contributed by atoms with Gasteiger partial charge in [0.1, 0.15) is 21.5 Å². The number of hydrogen-bond donors (Lipinski definition) is 1.